The highest BCUT2D eigenvalue weighted by molar-refractivity contribution is 7.98. The Labute approximate surface area is 143 Å². The van der Waals surface area contributed by atoms with E-state index in [-0.39, 0.29) is 5.91 Å². The average Bonchev–Trinajstić information content (AvgIpc) is 2.54. The van der Waals surface area contributed by atoms with Gasteiger partial charge >= 0.3 is 0 Å². The lowest BCUT2D eigenvalue weighted by Gasteiger charge is -2.20. The third kappa shape index (κ3) is 3.97. The van der Waals surface area contributed by atoms with E-state index in [9.17, 15) is 4.79 Å². The van der Waals surface area contributed by atoms with E-state index in [1.807, 2.05) is 30.5 Å². The molecule has 0 unspecified atom stereocenters. The smallest absolute Gasteiger partial charge is 0.256 e. The maximum absolute atomic E-state index is 12.8. The highest BCUT2D eigenvalue weighted by Gasteiger charge is 2.18. The van der Waals surface area contributed by atoms with E-state index in [4.69, 9.17) is 0 Å². The number of hydrogen-bond donors (Lipinski definition) is 1. The highest BCUT2D eigenvalue weighted by atomic mass is 32.2. The second-order valence-corrected chi connectivity index (χ2v) is 7.12. The summed E-state index contributed by atoms with van der Waals surface area (Å²) in [4.78, 5) is 13.8. The van der Waals surface area contributed by atoms with Gasteiger partial charge in [-0.2, -0.15) is 0 Å². The maximum Gasteiger partial charge on any atom is 0.256 e. The van der Waals surface area contributed by atoms with Gasteiger partial charge in [0.2, 0.25) is 0 Å². The van der Waals surface area contributed by atoms with Crippen LogP contribution in [0.1, 0.15) is 61.0 Å². The van der Waals surface area contributed by atoms with Gasteiger partial charge in [0.25, 0.3) is 5.91 Å². The van der Waals surface area contributed by atoms with Crippen LogP contribution in [0.2, 0.25) is 0 Å². The fourth-order valence-corrected chi connectivity index (χ4v) is 3.30. The van der Waals surface area contributed by atoms with Gasteiger partial charge in [0, 0.05) is 10.6 Å². The number of carbonyl (C=O) groups is 1. The van der Waals surface area contributed by atoms with E-state index in [1.54, 1.807) is 11.8 Å². The Balaban J connectivity index is 2.44. The quantitative estimate of drug-likeness (QED) is 0.692. The summed E-state index contributed by atoms with van der Waals surface area (Å²) < 4.78 is 0. The Kier molecular flexibility index (Phi) is 5.89. The van der Waals surface area contributed by atoms with Crippen LogP contribution < -0.4 is 5.32 Å². The predicted octanol–water partition coefficient (Wildman–Crippen LogP) is 5.91. The third-order valence-electron chi connectivity index (χ3n) is 3.96. The molecule has 2 aromatic carbocycles. The van der Waals surface area contributed by atoms with Crippen LogP contribution >= 0.6 is 11.8 Å². The normalized spacial score (nSPS) is 11.1. The van der Waals surface area contributed by atoms with Gasteiger partial charge in [0.15, 0.2) is 0 Å². The van der Waals surface area contributed by atoms with Crippen LogP contribution in [0, 0.1) is 0 Å². The molecule has 122 valence electrons. The van der Waals surface area contributed by atoms with Crippen molar-refractivity contribution in [2.45, 2.75) is 44.4 Å². The molecule has 0 radical (unpaired) electrons. The molecule has 0 fully saturated rings. The van der Waals surface area contributed by atoms with E-state index >= 15 is 0 Å². The summed E-state index contributed by atoms with van der Waals surface area (Å²) in [6.45, 7) is 8.63. The first-order chi connectivity index (χ1) is 11.0. The number of amides is 1. The zero-order valence-corrected chi connectivity index (χ0v) is 15.3. The summed E-state index contributed by atoms with van der Waals surface area (Å²) >= 11 is 1.59. The molecule has 3 heteroatoms. The molecule has 0 aliphatic rings. The topological polar surface area (TPSA) is 29.1 Å². The summed E-state index contributed by atoms with van der Waals surface area (Å²) in [5.74, 6) is 0.685. The molecular formula is C20H25NOS. The lowest BCUT2D eigenvalue weighted by molar-refractivity contribution is 0.102. The minimum absolute atomic E-state index is 0.0371. The zero-order valence-electron chi connectivity index (χ0n) is 14.5. The SMILES string of the molecule is CSc1ccccc1C(=O)Nc1c(C(C)C)cccc1C(C)C. The van der Waals surface area contributed by atoms with Gasteiger partial charge in [-0.1, -0.05) is 58.0 Å². The highest BCUT2D eigenvalue weighted by Crippen LogP contribution is 2.33. The molecular weight excluding hydrogens is 302 g/mol. The predicted molar refractivity (Wildman–Crippen MR) is 101 cm³/mol. The molecule has 0 bridgehead atoms. The molecule has 0 aliphatic carbocycles. The minimum Gasteiger partial charge on any atom is -0.321 e. The molecule has 0 heterocycles. The molecule has 1 amide bonds. The monoisotopic (exact) mass is 327 g/mol. The van der Waals surface area contributed by atoms with Gasteiger partial charge in [-0.25, -0.2) is 0 Å². The number of hydrogen-bond acceptors (Lipinski definition) is 2. The molecule has 2 aromatic rings. The van der Waals surface area contributed by atoms with Crippen LogP contribution in [-0.4, -0.2) is 12.2 Å². The molecule has 2 nitrogen and oxygen atoms in total. The molecule has 0 saturated carbocycles. The number of carbonyl (C=O) groups excluding carboxylic acids is 1. The lowest BCUT2D eigenvalue weighted by Crippen LogP contribution is -2.16. The van der Waals surface area contributed by atoms with Crippen molar-refractivity contribution in [2.75, 3.05) is 11.6 Å². The van der Waals surface area contributed by atoms with Gasteiger partial charge in [-0.05, 0) is 41.4 Å². The van der Waals surface area contributed by atoms with Crippen LogP contribution in [-0.2, 0) is 0 Å². The summed E-state index contributed by atoms with van der Waals surface area (Å²) in [5, 5.41) is 3.18. The number of benzene rings is 2. The molecule has 0 spiro atoms. The number of rotatable bonds is 5. The van der Waals surface area contributed by atoms with Crippen molar-refractivity contribution in [1.29, 1.82) is 0 Å². The third-order valence-corrected chi connectivity index (χ3v) is 4.76. The molecule has 0 atom stereocenters. The van der Waals surface area contributed by atoms with Crippen molar-refractivity contribution < 1.29 is 4.79 Å². The van der Waals surface area contributed by atoms with Crippen molar-refractivity contribution in [3.63, 3.8) is 0 Å². The van der Waals surface area contributed by atoms with Gasteiger partial charge in [-0.15, -0.1) is 11.8 Å². The first kappa shape index (κ1) is 17.6. The molecule has 23 heavy (non-hydrogen) atoms. The zero-order chi connectivity index (χ0) is 17.0. The van der Waals surface area contributed by atoms with Gasteiger partial charge in [0.05, 0.1) is 5.56 Å². The van der Waals surface area contributed by atoms with E-state index < -0.39 is 0 Å². The van der Waals surface area contributed by atoms with Crippen molar-refractivity contribution in [2.24, 2.45) is 0 Å². The second-order valence-electron chi connectivity index (χ2n) is 6.28. The van der Waals surface area contributed by atoms with Crippen LogP contribution in [0.15, 0.2) is 47.4 Å². The maximum atomic E-state index is 12.8. The second kappa shape index (κ2) is 7.69. The number of anilines is 1. The summed E-state index contributed by atoms with van der Waals surface area (Å²) in [5.41, 5.74) is 4.07. The molecule has 0 aromatic heterocycles. The molecule has 0 saturated heterocycles. The van der Waals surface area contributed by atoms with Crippen molar-refractivity contribution in [3.8, 4) is 0 Å². The summed E-state index contributed by atoms with van der Waals surface area (Å²) in [6.07, 6.45) is 1.99. The van der Waals surface area contributed by atoms with Crippen LogP contribution in [0.3, 0.4) is 0 Å². The Bertz CT molecular complexity index is 666. The van der Waals surface area contributed by atoms with Crippen molar-refractivity contribution in [1.82, 2.24) is 0 Å². The van der Waals surface area contributed by atoms with E-state index in [2.05, 4.69) is 51.2 Å². The first-order valence-electron chi connectivity index (χ1n) is 8.02. The fourth-order valence-electron chi connectivity index (χ4n) is 2.71. The Morgan fingerprint density at radius 2 is 1.48 bits per heavy atom. The van der Waals surface area contributed by atoms with Crippen molar-refractivity contribution >= 4 is 23.4 Å². The first-order valence-corrected chi connectivity index (χ1v) is 9.25. The van der Waals surface area contributed by atoms with Crippen LogP contribution in [0.4, 0.5) is 5.69 Å². The van der Waals surface area contributed by atoms with Gasteiger partial charge < -0.3 is 5.32 Å². The number of thioether (sulfide) groups is 1. The number of para-hydroxylation sites is 1. The van der Waals surface area contributed by atoms with E-state index in [1.165, 1.54) is 11.1 Å². The Morgan fingerprint density at radius 1 is 0.913 bits per heavy atom. The van der Waals surface area contributed by atoms with Gasteiger partial charge in [0.1, 0.15) is 0 Å². The Morgan fingerprint density at radius 3 is 2.00 bits per heavy atom. The van der Waals surface area contributed by atoms with Crippen molar-refractivity contribution in [3.05, 3.63) is 59.2 Å². The summed E-state index contributed by atoms with van der Waals surface area (Å²) in [6, 6.07) is 14.0. The molecule has 1 N–H and O–H groups in total. The summed E-state index contributed by atoms with van der Waals surface area (Å²) in [7, 11) is 0. The van der Waals surface area contributed by atoms with Gasteiger partial charge in [-0.3, -0.25) is 4.79 Å². The molecule has 2 rings (SSSR count). The standard InChI is InChI=1S/C20H25NOS/c1-13(2)15-10-8-11-16(14(3)4)19(15)21-20(22)17-9-6-7-12-18(17)23-5/h6-14H,1-5H3,(H,21,22). The fraction of sp³-hybridized carbons (Fsp3) is 0.350. The minimum atomic E-state index is -0.0371. The largest absolute Gasteiger partial charge is 0.321 e. The van der Waals surface area contributed by atoms with E-state index in [0.29, 0.717) is 11.8 Å². The average molecular weight is 327 g/mol. The van der Waals surface area contributed by atoms with Crippen LogP contribution in [0.5, 0.6) is 0 Å². The van der Waals surface area contributed by atoms with E-state index in [0.717, 1.165) is 16.1 Å². The molecule has 0 aliphatic heterocycles. The number of nitrogens with one attached hydrogen (secondary N) is 1. The lowest BCUT2D eigenvalue weighted by atomic mass is 9.92. The van der Waals surface area contributed by atoms with Crippen LogP contribution in [0.25, 0.3) is 0 Å². The Hall–Kier alpha value is -1.74.